The molecule has 0 spiro atoms. The summed E-state index contributed by atoms with van der Waals surface area (Å²) in [6.07, 6.45) is 2.33. The third-order valence-corrected chi connectivity index (χ3v) is 4.61. The maximum atomic E-state index is 12.5. The molecule has 0 atom stereocenters. The molecule has 8 heteroatoms. The van der Waals surface area contributed by atoms with E-state index in [1.807, 2.05) is 45.0 Å². The minimum atomic E-state index is -0.423. The second kappa shape index (κ2) is 7.14. The van der Waals surface area contributed by atoms with Crippen LogP contribution in [0.2, 0.25) is 0 Å². The molecule has 140 valence electrons. The largest absolute Gasteiger partial charge is 0.379 e. The van der Waals surface area contributed by atoms with Crippen LogP contribution in [0.3, 0.4) is 0 Å². The van der Waals surface area contributed by atoms with Crippen LogP contribution in [0.5, 0.6) is 0 Å². The van der Waals surface area contributed by atoms with Crippen LogP contribution in [0, 0.1) is 5.41 Å². The summed E-state index contributed by atoms with van der Waals surface area (Å²) in [5, 5.41) is 3.20. The fourth-order valence-corrected chi connectivity index (χ4v) is 2.54. The van der Waals surface area contributed by atoms with Gasteiger partial charge in [-0.15, -0.1) is 0 Å². The van der Waals surface area contributed by atoms with E-state index >= 15 is 0 Å². The van der Waals surface area contributed by atoms with E-state index < -0.39 is 5.56 Å². The molecule has 4 N–H and O–H groups in total. The van der Waals surface area contributed by atoms with Crippen molar-refractivity contribution in [2.24, 2.45) is 5.41 Å². The zero-order valence-electron chi connectivity index (χ0n) is 15.5. The SMILES string of the molecule is CCC(C)(C)C(=O)c1ccc(NCc2cnc3nc(N)[nH]c(=O)c3n2)cc1. The van der Waals surface area contributed by atoms with Gasteiger partial charge in [-0.25, -0.2) is 9.97 Å². The van der Waals surface area contributed by atoms with E-state index in [0.717, 1.165) is 12.1 Å². The number of benzene rings is 1. The quantitative estimate of drug-likeness (QED) is 0.572. The Morgan fingerprint density at radius 1 is 1.22 bits per heavy atom. The Balaban J connectivity index is 1.73. The zero-order valence-corrected chi connectivity index (χ0v) is 15.5. The maximum Gasteiger partial charge on any atom is 0.280 e. The lowest BCUT2D eigenvalue weighted by molar-refractivity contribution is 0.0833. The van der Waals surface area contributed by atoms with Gasteiger partial charge in [0.15, 0.2) is 16.9 Å². The second-order valence-electron chi connectivity index (χ2n) is 6.98. The molecule has 2 heterocycles. The van der Waals surface area contributed by atoms with Crippen molar-refractivity contribution in [3.63, 3.8) is 0 Å². The van der Waals surface area contributed by atoms with Gasteiger partial charge in [0.1, 0.15) is 0 Å². The summed E-state index contributed by atoms with van der Waals surface area (Å²) < 4.78 is 0. The van der Waals surface area contributed by atoms with Crippen LogP contribution in [-0.4, -0.2) is 25.7 Å². The number of nitrogens with one attached hydrogen (secondary N) is 2. The Kier molecular flexibility index (Phi) is 4.89. The molecule has 0 bridgehead atoms. The fourth-order valence-electron chi connectivity index (χ4n) is 2.54. The third kappa shape index (κ3) is 3.94. The monoisotopic (exact) mass is 366 g/mol. The predicted octanol–water partition coefficient (Wildman–Crippen LogP) is 2.53. The highest BCUT2D eigenvalue weighted by Crippen LogP contribution is 2.26. The molecule has 3 rings (SSSR count). The number of aromatic amines is 1. The van der Waals surface area contributed by atoms with Gasteiger partial charge in [-0.05, 0) is 30.7 Å². The van der Waals surface area contributed by atoms with E-state index in [1.165, 1.54) is 0 Å². The zero-order chi connectivity index (χ0) is 19.6. The normalized spacial score (nSPS) is 11.5. The second-order valence-corrected chi connectivity index (χ2v) is 6.98. The first kappa shape index (κ1) is 18.5. The Hall–Kier alpha value is -3.29. The Bertz CT molecular complexity index is 1040. The van der Waals surface area contributed by atoms with Gasteiger partial charge in [0.05, 0.1) is 18.4 Å². The number of Topliss-reactive ketones (excluding diaryl/α,β-unsaturated/α-hetero) is 1. The first-order valence-electron chi connectivity index (χ1n) is 8.70. The molecule has 0 aliphatic heterocycles. The Morgan fingerprint density at radius 3 is 2.59 bits per heavy atom. The molecule has 0 aliphatic rings. The number of H-pyrrole nitrogens is 1. The number of anilines is 2. The average Bonchev–Trinajstić information content (AvgIpc) is 2.66. The van der Waals surface area contributed by atoms with E-state index in [1.54, 1.807) is 6.20 Å². The minimum absolute atomic E-state index is 0.00793. The van der Waals surface area contributed by atoms with Gasteiger partial charge < -0.3 is 11.1 Å². The average molecular weight is 366 g/mol. The molecule has 0 saturated carbocycles. The number of carbonyl (C=O) groups excluding carboxylic acids is 1. The molecule has 27 heavy (non-hydrogen) atoms. The number of nitrogens with two attached hydrogens (primary N) is 1. The molecule has 0 amide bonds. The van der Waals surface area contributed by atoms with Crippen molar-refractivity contribution in [3.05, 3.63) is 52.1 Å². The summed E-state index contributed by atoms with van der Waals surface area (Å²) in [6, 6.07) is 7.32. The number of carbonyl (C=O) groups is 1. The topological polar surface area (TPSA) is 127 Å². The van der Waals surface area contributed by atoms with E-state index in [4.69, 9.17) is 5.73 Å². The summed E-state index contributed by atoms with van der Waals surface area (Å²) in [7, 11) is 0. The van der Waals surface area contributed by atoms with E-state index in [-0.39, 0.29) is 28.3 Å². The molecule has 0 fully saturated rings. The number of hydrogen-bond donors (Lipinski definition) is 3. The van der Waals surface area contributed by atoms with Gasteiger partial charge in [0.25, 0.3) is 5.56 Å². The minimum Gasteiger partial charge on any atom is -0.379 e. The first-order chi connectivity index (χ1) is 12.8. The number of rotatable bonds is 6. The number of ketones is 1. The van der Waals surface area contributed by atoms with Crippen molar-refractivity contribution >= 4 is 28.6 Å². The number of fused-ring (bicyclic) bond motifs is 1. The predicted molar refractivity (Wildman–Crippen MR) is 105 cm³/mol. The molecular weight excluding hydrogens is 344 g/mol. The molecule has 0 radical (unpaired) electrons. The molecular formula is C19H22N6O2. The van der Waals surface area contributed by atoms with Crippen LogP contribution in [0.1, 0.15) is 43.2 Å². The van der Waals surface area contributed by atoms with Gasteiger partial charge in [-0.3, -0.25) is 14.6 Å². The lowest BCUT2D eigenvalue weighted by Crippen LogP contribution is -2.23. The van der Waals surface area contributed by atoms with Crippen molar-refractivity contribution in [1.82, 2.24) is 19.9 Å². The number of hydrogen-bond acceptors (Lipinski definition) is 7. The van der Waals surface area contributed by atoms with Crippen molar-refractivity contribution < 1.29 is 4.79 Å². The lowest BCUT2D eigenvalue weighted by Gasteiger charge is -2.21. The summed E-state index contributed by atoms with van der Waals surface area (Å²) in [5.74, 6) is 0.136. The van der Waals surface area contributed by atoms with E-state index in [0.29, 0.717) is 17.8 Å². The first-order valence-corrected chi connectivity index (χ1v) is 8.70. The number of aromatic nitrogens is 4. The number of nitrogens with zero attached hydrogens (tertiary/aromatic N) is 3. The summed E-state index contributed by atoms with van der Waals surface area (Å²) in [6.45, 7) is 6.28. The highest BCUT2D eigenvalue weighted by Gasteiger charge is 2.26. The van der Waals surface area contributed by atoms with Crippen LogP contribution in [0.25, 0.3) is 11.2 Å². The number of nitrogen functional groups attached to an aromatic ring is 1. The van der Waals surface area contributed by atoms with Crippen molar-refractivity contribution in [2.75, 3.05) is 11.1 Å². The van der Waals surface area contributed by atoms with Gasteiger partial charge in [-0.1, -0.05) is 20.8 Å². The van der Waals surface area contributed by atoms with E-state index in [9.17, 15) is 9.59 Å². The maximum absolute atomic E-state index is 12.5. The summed E-state index contributed by atoms with van der Waals surface area (Å²) >= 11 is 0. The van der Waals surface area contributed by atoms with Crippen LogP contribution in [-0.2, 0) is 6.54 Å². The molecule has 0 saturated heterocycles. The van der Waals surface area contributed by atoms with Gasteiger partial charge in [0.2, 0.25) is 5.95 Å². The van der Waals surface area contributed by atoms with Crippen LogP contribution < -0.4 is 16.6 Å². The van der Waals surface area contributed by atoms with Crippen LogP contribution in [0.4, 0.5) is 11.6 Å². The van der Waals surface area contributed by atoms with Gasteiger partial charge in [0, 0.05) is 16.7 Å². The molecule has 8 nitrogen and oxygen atoms in total. The summed E-state index contributed by atoms with van der Waals surface area (Å²) in [4.78, 5) is 39.1. The van der Waals surface area contributed by atoms with Crippen LogP contribution in [0.15, 0.2) is 35.3 Å². The van der Waals surface area contributed by atoms with Crippen molar-refractivity contribution in [2.45, 2.75) is 33.7 Å². The third-order valence-electron chi connectivity index (χ3n) is 4.61. The molecule has 2 aromatic heterocycles. The Morgan fingerprint density at radius 2 is 1.93 bits per heavy atom. The van der Waals surface area contributed by atoms with Crippen LogP contribution >= 0.6 is 0 Å². The van der Waals surface area contributed by atoms with Gasteiger partial charge >= 0.3 is 0 Å². The molecule has 0 aliphatic carbocycles. The molecule has 1 aromatic carbocycles. The fraction of sp³-hybridized carbons (Fsp3) is 0.316. The molecule has 3 aromatic rings. The highest BCUT2D eigenvalue weighted by atomic mass is 16.1. The highest BCUT2D eigenvalue weighted by molar-refractivity contribution is 6.00. The standard InChI is InChI=1S/C19H22N6O2/c1-4-19(2,3)15(26)11-5-7-12(8-6-11)21-9-13-10-22-16-14(23-13)17(27)25-18(20)24-16/h5-8,10,21H,4,9H2,1-3H3,(H3,20,22,24,25,27). The van der Waals surface area contributed by atoms with Crippen molar-refractivity contribution in [1.29, 1.82) is 0 Å². The Labute approximate surface area is 156 Å². The lowest BCUT2D eigenvalue weighted by atomic mass is 9.82. The smallest absolute Gasteiger partial charge is 0.280 e. The van der Waals surface area contributed by atoms with Crippen molar-refractivity contribution in [3.8, 4) is 0 Å². The summed E-state index contributed by atoms with van der Waals surface area (Å²) in [5.41, 5.74) is 7.17. The van der Waals surface area contributed by atoms with Gasteiger partial charge in [-0.2, -0.15) is 4.98 Å². The molecule has 0 unspecified atom stereocenters. The van der Waals surface area contributed by atoms with E-state index in [2.05, 4.69) is 25.3 Å².